The van der Waals surface area contributed by atoms with Gasteiger partial charge in [0.25, 0.3) is 0 Å². The summed E-state index contributed by atoms with van der Waals surface area (Å²) in [7, 11) is 0. The molecule has 0 unspecified atom stereocenters. The Labute approximate surface area is 159 Å². The Kier molecular flexibility index (Phi) is 6.32. The zero-order chi connectivity index (χ0) is 18.9. The van der Waals surface area contributed by atoms with Gasteiger partial charge in [0, 0.05) is 30.8 Å². The van der Waals surface area contributed by atoms with Gasteiger partial charge in [0.1, 0.15) is 18.1 Å². The molecule has 3 aromatic rings. The molecule has 3 rings (SSSR count). The van der Waals surface area contributed by atoms with Crippen molar-refractivity contribution in [1.82, 2.24) is 4.98 Å². The van der Waals surface area contributed by atoms with Gasteiger partial charge in [0.15, 0.2) is 0 Å². The van der Waals surface area contributed by atoms with Crippen molar-refractivity contribution >= 4 is 5.78 Å². The fraction of sp³-hybridized carbons (Fsp3) is 0.174. The van der Waals surface area contributed by atoms with E-state index >= 15 is 0 Å². The van der Waals surface area contributed by atoms with E-state index in [1.807, 2.05) is 54.6 Å². The van der Waals surface area contributed by atoms with Crippen molar-refractivity contribution in [3.05, 3.63) is 95.3 Å². The molecule has 0 saturated carbocycles. The average molecular weight is 356 g/mol. The molecule has 4 heteroatoms. The van der Waals surface area contributed by atoms with Crippen molar-refractivity contribution in [2.24, 2.45) is 0 Å². The van der Waals surface area contributed by atoms with Gasteiger partial charge in [-0.1, -0.05) is 36.4 Å². The van der Waals surface area contributed by atoms with Crippen molar-refractivity contribution in [1.29, 1.82) is 5.26 Å². The molecule has 27 heavy (non-hydrogen) atoms. The summed E-state index contributed by atoms with van der Waals surface area (Å²) in [6.07, 6.45) is 5.16. The third kappa shape index (κ3) is 5.52. The Balaban J connectivity index is 1.49. The first-order valence-corrected chi connectivity index (χ1v) is 8.85. The van der Waals surface area contributed by atoms with Gasteiger partial charge in [-0.2, -0.15) is 5.26 Å². The van der Waals surface area contributed by atoms with Crippen LogP contribution < -0.4 is 4.74 Å². The molecule has 0 radical (unpaired) electrons. The number of Topliss-reactive ketones (excluding diaryl/α,β-unsaturated/α-hetero) is 1. The molecule has 0 aliphatic heterocycles. The third-order valence-electron chi connectivity index (χ3n) is 4.27. The zero-order valence-corrected chi connectivity index (χ0v) is 15.0. The van der Waals surface area contributed by atoms with Crippen LogP contribution in [0.3, 0.4) is 0 Å². The van der Waals surface area contributed by atoms with Crippen molar-refractivity contribution < 1.29 is 9.53 Å². The number of ketones is 1. The molecule has 0 aliphatic carbocycles. The van der Waals surface area contributed by atoms with E-state index in [4.69, 9.17) is 10.00 Å². The maximum absolute atomic E-state index is 12.2. The SMILES string of the molecule is N#Cc1ccccc1COc1ccc(CC(=O)CCc2cccnc2)cc1. The minimum atomic E-state index is 0.204. The topological polar surface area (TPSA) is 63.0 Å². The van der Waals surface area contributed by atoms with Gasteiger partial charge in [-0.05, 0) is 41.8 Å². The standard InChI is InChI=1S/C23H20N2O2/c24-15-20-5-1-2-6-21(20)17-27-23-11-8-18(9-12-23)14-22(26)10-7-19-4-3-13-25-16-19/h1-6,8-9,11-13,16H,7,10,14,17H2. The first-order chi connectivity index (χ1) is 13.2. The number of carbonyl (C=O) groups is 1. The normalized spacial score (nSPS) is 10.2. The number of carbonyl (C=O) groups excluding carboxylic acids is 1. The van der Waals surface area contributed by atoms with E-state index in [0.717, 1.165) is 16.7 Å². The van der Waals surface area contributed by atoms with Crippen LogP contribution in [0.5, 0.6) is 5.75 Å². The molecule has 0 atom stereocenters. The van der Waals surface area contributed by atoms with Gasteiger partial charge in [-0.3, -0.25) is 9.78 Å². The Hall–Kier alpha value is -3.45. The molecular formula is C23H20N2O2. The van der Waals surface area contributed by atoms with Gasteiger partial charge in [0.2, 0.25) is 0 Å². The van der Waals surface area contributed by atoms with E-state index < -0.39 is 0 Å². The highest BCUT2D eigenvalue weighted by molar-refractivity contribution is 5.81. The lowest BCUT2D eigenvalue weighted by Crippen LogP contribution is -2.04. The number of ether oxygens (including phenoxy) is 1. The van der Waals surface area contributed by atoms with Crippen LogP contribution in [0, 0.1) is 11.3 Å². The van der Waals surface area contributed by atoms with Gasteiger partial charge in [-0.15, -0.1) is 0 Å². The Morgan fingerprint density at radius 3 is 2.56 bits per heavy atom. The lowest BCUT2D eigenvalue weighted by molar-refractivity contribution is -0.118. The molecule has 1 aromatic heterocycles. The van der Waals surface area contributed by atoms with Gasteiger partial charge in [0.05, 0.1) is 11.6 Å². The molecule has 0 fully saturated rings. The number of aromatic nitrogens is 1. The quantitative estimate of drug-likeness (QED) is 0.604. The van der Waals surface area contributed by atoms with E-state index in [-0.39, 0.29) is 5.78 Å². The second kappa shape index (κ2) is 9.30. The highest BCUT2D eigenvalue weighted by atomic mass is 16.5. The zero-order valence-electron chi connectivity index (χ0n) is 15.0. The van der Waals surface area contributed by atoms with Crippen LogP contribution in [0.15, 0.2) is 73.1 Å². The smallest absolute Gasteiger partial charge is 0.137 e. The number of benzene rings is 2. The van der Waals surface area contributed by atoms with Crippen LogP contribution in [0.2, 0.25) is 0 Å². The van der Waals surface area contributed by atoms with Gasteiger partial charge < -0.3 is 4.74 Å². The molecule has 1 heterocycles. The number of pyridine rings is 1. The molecule has 0 aliphatic rings. The summed E-state index contributed by atoms with van der Waals surface area (Å²) < 4.78 is 5.76. The number of rotatable bonds is 8. The first kappa shape index (κ1) is 18.3. The van der Waals surface area contributed by atoms with Crippen LogP contribution >= 0.6 is 0 Å². The summed E-state index contributed by atoms with van der Waals surface area (Å²) in [6.45, 7) is 0.340. The minimum Gasteiger partial charge on any atom is -0.489 e. The largest absolute Gasteiger partial charge is 0.489 e. The highest BCUT2D eigenvalue weighted by Gasteiger charge is 2.06. The molecule has 0 saturated heterocycles. The van der Waals surface area contributed by atoms with Crippen LogP contribution in [0.4, 0.5) is 0 Å². The lowest BCUT2D eigenvalue weighted by Gasteiger charge is -2.08. The van der Waals surface area contributed by atoms with E-state index in [2.05, 4.69) is 11.1 Å². The van der Waals surface area contributed by atoms with Gasteiger partial charge in [-0.25, -0.2) is 0 Å². The van der Waals surface area contributed by atoms with Gasteiger partial charge >= 0.3 is 0 Å². The predicted octanol–water partition coefficient (Wildman–Crippen LogP) is 4.28. The third-order valence-corrected chi connectivity index (χ3v) is 4.27. The molecule has 4 nitrogen and oxygen atoms in total. The van der Waals surface area contributed by atoms with E-state index in [1.54, 1.807) is 18.5 Å². The summed E-state index contributed by atoms with van der Waals surface area (Å²) in [5, 5.41) is 9.11. The summed E-state index contributed by atoms with van der Waals surface area (Å²) in [5.41, 5.74) is 3.52. The van der Waals surface area contributed by atoms with E-state index in [1.165, 1.54) is 0 Å². The van der Waals surface area contributed by atoms with Crippen LogP contribution in [0.1, 0.15) is 28.7 Å². The summed E-state index contributed by atoms with van der Waals surface area (Å²) in [4.78, 5) is 16.2. The average Bonchev–Trinajstić information content (AvgIpc) is 2.73. The van der Waals surface area contributed by atoms with Crippen molar-refractivity contribution in [2.45, 2.75) is 25.9 Å². The first-order valence-electron chi connectivity index (χ1n) is 8.85. The molecule has 0 N–H and O–H groups in total. The summed E-state index contributed by atoms with van der Waals surface area (Å²) >= 11 is 0. The van der Waals surface area contributed by atoms with Crippen molar-refractivity contribution in [3.63, 3.8) is 0 Å². The molecule has 0 spiro atoms. The highest BCUT2D eigenvalue weighted by Crippen LogP contribution is 2.17. The number of hydrogen-bond donors (Lipinski definition) is 0. The monoisotopic (exact) mass is 356 g/mol. The number of nitrogens with zero attached hydrogens (tertiary/aromatic N) is 2. The molecule has 134 valence electrons. The predicted molar refractivity (Wildman–Crippen MR) is 103 cm³/mol. The molecule has 0 amide bonds. The minimum absolute atomic E-state index is 0.204. The molecular weight excluding hydrogens is 336 g/mol. The maximum Gasteiger partial charge on any atom is 0.137 e. The number of hydrogen-bond acceptors (Lipinski definition) is 4. The summed E-state index contributed by atoms with van der Waals surface area (Å²) in [5.74, 6) is 0.921. The van der Waals surface area contributed by atoms with E-state index in [9.17, 15) is 4.79 Å². The second-order valence-corrected chi connectivity index (χ2v) is 6.28. The Morgan fingerprint density at radius 2 is 1.81 bits per heavy atom. The number of aryl methyl sites for hydroxylation is 1. The van der Waals surface area contributed by atoms with E-state index in [0.29, 0.717) is 37.2 Å². The molecule has 2 aromatic carbocycles. The van der Waals surface area contributed by atoms with Crippen LogP contribution in [-0.2, 0) is 24.2 Å². The summed E-state index contributed by atoms with van der Waals surface area (Å²) in [6, 6.07) is 21.0. The second-order valence-electron chi connectivity index (χ2n) is 6.28. The van der Waals surface area contributed by atoms with Crippen LogP contribution in [-0.4, -0.2) is 10.8 Å². The Morgan fingerprint density at radius 1 is 1.00 bits per heavy atom. The maximum atomic E-state index is 12.2. The Bertz CT molecular complexity index is 929. The van der Waals surface area contributed by atoms with Crippen LogP contribution in [0.25, 0.3) is 0 Å². The fourth-order valence-electron chi connectivity index (χ4n) is 2.77. The van der Waals surface area contributed by atoms with Crippen molar-refractivity contribution in [3.8, 4) is 11.8 Å². The van der Waals surface area contributed by atoms with Crippen molar-refractivity contribution in [2.75, 3.05) is 0 Å². The number of nitriles is 1. The molecule has 0 bridgehead atoms. The lowest BCUT2D eigenvalue weighted by atomic mass is 10.0. The fourth-order valence-corrected chi connectivity index (χ4v) is 2.77.